The average Bonchev–Trinajstić information content (AvgIpc) is 2.29. The van der Waals surface area contributed by atoms with Gasteiger partial charge in [0.25, 0.3) is 0 Å². The molecule has 0 fully saturated rings. The summed E-state index contributed by atoms with van der Waals surface area (Å²) < 4.78 is 5.55. The van der Waals surface area contributed by atoms with Crippen LogP contribution in [0.15, 0.2) is 18.3 Å². The standard InChI is InChI=1S/C13H21NO2/c1-4-6-12(16-5-2)13(15)11-8-7-10(3)14-9-11/h7-9,12-13,15H,4-6H2,1-3H3. The van der Waals surface area contributed by atoms with Crippen molar-refractivity contribution in [1.29, 1.82) is 0 Å². The van der Waals surface area contributed by atoms with Gasteiger partial charge in [-0.2, -0.15) is 0 Å². The fourth-order valence-corrected chi connectivity index (χ4v) is 1.70. The largest absolute Gasteiger partial charge is 0.386 e. The molecule has 3 heteroatoms. The van der Waals surface area contributed by atoms with Gasteiger partial charge in [0.15, 0.2) is 0 Å². The van der Waals surface area contributed by atoms with E-state index in [2.05, 4.69) is 11.9 Å². The molecule has 2 unspecified atom stereocenters. The quantitative estimate of drug-likeness (QED) is 0.806. The van der Waals surface area contributed by atoms with Crippen molar-refractivity contribution >= 4 is 0 Å². The average molecular weight is 223 g/mol. The third-order valence-corrected chi connectivity index (χ3v) is 2.58. The maximum absolute atomic E-state index is 10.2. The van der Waals surface area contributed by atoms with E-state index in [1.54, 1.807) is 6.20 Å². The normalized spacial score (nSPS) is 14.8. The van der Waals surface area contributed by atoms with Crippen LogP contribution in [0, 0.1) is 6.92 Å². The Morgan fingerprint density at radius 3 is 2.62 bits per heavy atom. The molecule has 1 rings (SSSR count). The molecule has 0 bridgehead atoms. The van der Waals surface area contributed by atoms with Gasteiger partial charge in [0.05, 0.1) is 6.10 Å². The van der Waals surface area contributed by atoms with Gasteiger partial charge in [-0.3, -0.25) is 4.98 Å². The summed E-state index contributed by atoms with van der Waals surface area (Å²) in [5.41, 5.74) is 1.79. The van der Waals surface area contributed by atoms with E-state index in [-0.39, 0.29) is 6.10 Å². The number of aryl methyl sites for hydroxylation is 1. The third kappa shape index (κ3) is 3.58. The van der Waals surface area contributed by atoms with Crippen molar-refractivity contribution in [2.75, 3.05) is 6.61 Å². The molecule has 1 aromatic rings. The zero-order valence-corrected chi connectivity index (χ0v) is 10.3. The van der Waals surface area contributed by atoms with E-state index in [4.69, 9.17) is 4.74 Å². The second kappa shape index (κ2) is 6.61. The number of hydrogen-bond acceptors (Lipinski definition) is 3. The van der Waals surface area contributed by atoms with Gasteiger partial charge in [0, 0.05) is 24.1 Å². The summed E-state index contributed by atoms with van der Waals surface area (Å²) in [5.74, 6) is 0. The highest BCUT2D eigenvalue weighted by atomic mass is 16.5. The molecule has 0 aliphatic heterocycles. The van der Waals surface area contributed by atoms with Crippen molar-refractivity contribution in [2.24, 2.45) is 0 Å². The van der Waals surface area contributed by atoms with Crippen LogP contribution in [0.1, 0.15) is 44.1 Å². The number of ether oxygens (including phenoxy) is 1. The molecule has 0 aromatic carbocycles. The van der Waals surface area contributed by atoms with Gasteiger partial charge in [0.2, 0.25) is 0 Å². The van der Waals surface area contributed by atoms with Gasteiger partial charge in [-0.1, -0.05) is 19.4 Å². The first-order valence-electron chi connectivity index (χ1n) is 5.91. The number of aliphatic hydroxyl groups is 1. The number of rotatable bonds is 6. The lowest BCUT2D eigenvalue weighted by atomic mass is 10.0. The van der Waals surface area contributed by atoms with Crippen LogP contribution in [-0.2, 0) is 4.74 Å². The Morgan fingerprint density at radius 2 is 2.12 bits per heavy atom. The van der Waals surface area contributed by atoms with Crippen LogP contribution in [0.4, 0.5) is 0 Å². The summed E-state index contributed by atoms with van der Waals surface area (Å²) in [7, 11) is 0. The Hall–Kier alpha value is -0.930. The molecule has 0 saturated carbocycles. The van der Waals surface area contributed by atoms with Crippen molar-refractivity contribution in [2.45, 2.75) is 45.8 Å². The summed E-state index contributed by atoms with van der Waals surface area (Å²) in [4.78, 5) is 4.19. The van der Waals surface area contributed by atoms with Crippen molar-refractivity contribution in [3.8, 4) is 0 Å². The van der Waals surface area contributed by atoms with Crippen molar-refractivity contribution < 1.29 is 9.84 Å². The molecule has 0 spiro atoms. The predicted molar refractivity (Wildman–Crippen MR) is 64.3 cm³/mol. The molecule has 2 atom stereocenters. The molecule has 0 radical (unpaired) electrons. The molecule has 0 saturated heterocycles. The zero-order chi connectivity index (χ0) is 12.0. The fraction of sp³-hybridized carbons (Fsp3) is 0.615. The summed E-state index contributed by atoms with van der Waals surface area (Å²) in [6.07, 6.45) is 2.89. The highest BCUT2D eigenvalue weighted by molar-refractivity contribution is 5.16. The second-order valence-corrected chi connectivity index (χ2v) is 3.96. The molecule has 0 aliphatic carbocycles. The van der Waals surface area contributed by atoms with E-state index in [1.807, 2.05) is 26.0 Å². The van der Waals surface area contributed by atoms with E-state index in [1.165, 1.54) is 0 Å². The zero-order valence-electron chi connectivity index (χ0n) is 10.3. The maximum Gasteiger partial charge on any atom is 0.107 e. The van der Waals surface area contributed by atoms with Crippen molar-refractivity contribution in [1.82, 2.24) is 4.98 Å². The Morgan fingerprint density at radius 1 is 1.38 bits per heavy atom. The molecule has 1 aromatic heterocycles. The van der Waals surface area contributed by atoms with Crippen LogP contribution in [0.2, 0.25) is 0 Å². The van der Waals surface area contributed by atoms with Gasteiger partial charge in [0.1, 0.15) is 6.10 Å². The van der Waals surface area contributed by atoms with Crippen molar-refractivity contribution in [3.63, 3.8) is 0 Å². The van der Waals surface area contributed by atoms with E-state index < -0.39 is 6.10 Å². The molecule has 0 aliphatic rings. The Bertz CT molecular complexity index is 291. The number of hydrogen-bond donors (Lipinski definition) is 1. The lowest BCUT2D eigenvalue weighted by molar-refractivity contribution is -0.0386. The number of nitrogens with zero attached hydrogens (tertiary/aromatic N) is 1. The van der Waals surface area contributed by atoms with Crippen LogP contribution in [0.25, 0.3) is 0 Å². The van der Waals surface area contributed by atoms with E-state index in [0.29, 0.717) is 6.61 Å². The Balaban J connectivity index is 2.72. The Kier molecular flexibility index (Phi) is 5.43. The molecular weight excluding hydrogens is 202 g/mol. The van der Waals surface area contributed by atoms with Gasteiger partial charge >= 0.3 is 0 Å². The van der Waals surface area contributed by atoms with Crippen molar-refractivity contribution in [3.05, 3.63) is 29.6 Å². The fourth-order valence-electron chi connectivity index (χ4n) is 1.70. The van der Waals surface area contributed by atoms with Crippen LogP contribution in [0.5, 0.6) is 0 Å². The highest BCUT2D eigenvalue weighted by Crippen LogP contribution is 2.22. The van der Waals surface area contributed by atoms with Crippen LogP contribution < -0.4 is 0 Å². The van der Waals surface area contributed by atoms with E-state index >= 15 is 0 Å². The number of pyridine rings is 1. The van der Waals surface area contributed by atoms with E-state index in [9.17, 15) is 5.11 Å². The summed E-state index contributed by atoms with van der Waals surface area (Å²) in [6, 6.07) is 3.82. The molecule has 1 N–H and O–H groups in total. The topological polar surface area (TPSA) is 42.4 Å². The lowest BCUT2D eigenvalue weighted by Crippen LogP contribution is -2.22. The minimum atomic E-state index is -0.576. The van der Waals surface area contributed by atoms with Crippen LogP contribution in [0.3, 0.4) is 0 Å². The molecule has 16 heavy (non-hydrogen) atoms. The molecular formula is C13H21NO2. The third-order valence-electron chi connectivity index (χ3n) is 2.58. The molecule has 3 nitrogen and oxygen atoms in total. The maximum atomic E-state index is 10.2. The molecule has 90 valence electrons. The van der Waals surface area contributed by atoms with Gasteiger partial charge in [-0.05, 0) is 26.3 Å². The van der Waals surface area contributed by atoms with Crippen LogP contribution in [-0.4, -0.2) is 22.8 Å². The lowest BCUT2D eigenvalue weighted by Gasteiger charge is -2.22. The first kappa shape index (κ1) is 13.1. The molecule has 1 heterocycles. The van der Waals surface area contributed by atoms with Crippen LogP contribution >= 0.6 is 0 Å². The number of aliphatic hydroxyl groups excluding tert-OH is 1. The summed E-state index contributed by atoms with van der Waals surface area (Å²) >= 11 is 0. The first-order chi connectivity index (χ1) is 7.69. The minimum absolute atomic E-state index is 0.125. The van der Waals surface area contributed by atoms with Gasteiger partial charge in [-0.15, -0.1) is 0 Å². The number of aromatic nitrogens is 1. The summed E-state index contributed by atoms with van der Waals surface area (Å²) in [6.45, 7) is 6.60. The molecule has 0 amide bonds. The SMILES string of the molecule is CCCC(OCC)C(O)c1ccc(C)nc1. The van der Waals surface area contributed by atoms with E-state index in [0.717, 1.165) is 24.1 Å². The highest BCUT2D eigenvalue weighted by Gasteiger charge is 2.20. The minimum Gasteiger partial charge on any atom is -0.386 e. The predicted octanol–water partition coefficient (Wildman–Crippen LogP) is 2.63. The second-order valence-electron chi connectivity index (χ2n) is 3.96. The summed E-state index contributed by atoms with van der Waals surface area (Å²) in [5, 5.41) is 10.2. The van der Waals surface area contributed by atoms with Gasteiger partial charge in [-0.25, -0.2) is 0 Å². The smallest absolute Gasteiger partial charge is 0.107 e. The monoisotopic (exact) mass is 223 g/mol. The first-order valence-corrected chi connectivity index (χ1v) is 5.91. The Labute approximate surface area is 97.5 Å². The van der Waals surface area contributed by atoms with Gasteiger partial charge < -0.3 is 9.84 Å².